The first-order valence-electron chi connectivity index (χ1n) is 7.60. The van der Waals surface area contributed by atoms with Gasteiger partial charge in [-0.1, -0.05) is 11.6 Å². The standard InChI is InChI=1S/C16H24ClNO3S/c1-21-16-6-5-15(17)11-14(16)10-13-4-3-7-18(12-13)8-9-22(2,19)20/h5-6,11,13H,3-4,7-10,12H2,1-2H3/t13-/m0/s1. The number of piperidine rings is 1. The Morgan fingerprint density at radius 1 is 1.41 bits per heavy atom. The Kier molecular flexibility index (Phi) is 6.12. The molecule has 0 saturated carbocycles. The van der Waals surface area contributed by atoms with Gasteiger partial charge in [0.15, 0.2) is 0 Å². The van der Waals surface area contributed by atoms with Crippen LogP contribution in [0.1, 0.15) is 18.4 Å². The van der Waals surface area contributed by atoms with E-state index in [4.69, 9.17) is 16.3 Å². The molecule has 0 N–H and O–H groups in total. The number of likely N-dealkylation sites (tertiary alicyclic amines) is 1. The highest BCUT2D eigenvalue weighted by Crippen LogP contribution is 2.28. The van der Waals surface area contributed by atoms with Crippen LogP contribution in [-0.2, 0) is 16.3 Å². The highest BCUT2D eigenvalue weighted by atomic mass is 35.5. The third-order valence-corrected chi connectivity index (χ3v) is 5.29. The molecule has 0 aromatic heterocycles. The Morgan fingerprint density at radius 2 is 2.18 bits per heavy atom. The Hall–Kier alpha value is -0.780. The summed E-state index contributed by atoms with van der Waals surface area (Å²) in [5.74, 6) is 1.62. The average Bonchev–Trinajstić information content (AvgIpc) is 2.45. The molecule has 1 aliphatic rings. The summed E-state index contributed by atoms with van der Waals surface area (Å²) < 4.78 is 28.0. The molecule has 1 aromatic carbocycles. The predicted molar refractivity (Wildman–Crippen MR) is 90.6 cm³/mol. The molecule has 1 atom stereocenters. The summed E-state index contributed by atoms with van der Waals surface area (Å²) in [6.45, 7) is 2.55. The van der Waals surface area contributed by atoms with E-state index in [9.17, 15) is 8.42 Å². The summed E-state index contributed by atoms with van der Waals surface area (Å²) >= 11 is 6.09. The molecule has 2 rings (SSSR count). The number of nitrogens with zero attached hydrogens (tertiary/aromatic N) is 1. The lowest BCUT2D eigenvalue weighted by molar-refractivity contribution is 0.182. The number of benzene rings is 1. The second-order valence-electron chi connectivity index (χ2n) is 6.10. The van der Waals surface area contributed by atoms with Crippen LogP contribution in [0.2, 0.25) is 5.02 Å². The number of hydrogen-bond donors (Lipinski definition) is 0. The summed E-state index contributed by atoms with van der Waals surface area (Å²) in [6.07, 6.45) is 4.48. The first kappa shape index (κ1) is 17.6. The maximum Gasteiger partial charge on any atom is 0.148 e. The Balaban J connectivity index is 1.97. The van der Waals surface area contributed by atoms with Crippen molar-refractivity contribution in [3.8, 4) is 5.75 Å². The van der Waals surface area contributed by atoms with E-state index in [0.29, 0.717) is 12.5 Å². The van der Waals surface area contributed by atoms with Crippen LogP contribution in [0.5, 0.6) is 5.75 Å². The van der Waals surface area contributed by atoms with Crippen molar-refractivity contribution < 1.29 is 13.2 Å². The zero-order valence-electron chi connectivity index (χ0n) is 13.2. The van der Waals surface area contributed by atoms with Gasteiger partial charge in [0.05, 0.1) is 12.9 Å². The van der Waals surface area contributed by atoms with E-state index in [2.05, 4.69) is 4.90 Å². The molecule has 4 nitrogen and oxygen atoms in total. The Morgan fingerprint density at radius 3 is 2.86 bits per heavy atom. The molecule has 0 amide bonds. The van der Waals surface area contributed by atoms with Gasteiger partial charge in [0.1, 0.15) is 15.6 Å². The number of methoxy groups -OCH3 is 1. The number of halogens is 1. The first-order valence-corrected chi connectivity index (χ1v) is 10.0. The summed E-state index contributed by atoms with van der Waals surface area (Å²) in [7, 11) is -1.22. The second-order valence-corrected chi connectivity index (χ2v) is 8.80. The zero-order valence-corrected chi connectivity index (χ0v) is 14.8. The molecular formula is C16H24ClNO3S. The van der Waals surface area contributed by atoms with Crippen molar-refractivity contribution in [2.75, 3.05) is 38.8 Å². The first-order chi connectivity index (χ1) is 10.4. The number of sulfone groups is 1. The van der Waals surface area contributed by atoms with Crippen LogP contribution in [0, 0.1) is 5.92 Å². The molecule has 1 heterocycles. The van der Waals surface area contributed by atoms with Crippen LogP contribution in [0.3, 0.4) is 0 Å². The molecule has 1 aromatic rings. The molecule has 1 fully saturated rings. The summed E-state index contributed by atoms with van der Waals surface area (Å²) in [6, 6.07) is 5.71. The van der Waals surface area contributed by atoms with Gasteiger partial charge in [0.25, 0.3) is 0 Å². The van der Waals surface area contributed by atoms with E-state index < -0.39 is 9.84 Å². The number of hydrogen-bond acceptors (Lipinski definition) is 4. The minimum Gasteiger partial charge on any atom is -0.496 e. The fourth-order valence-electron chi connectivity index (χ4n) is 3.03. The van der Waals surface area contributed by atoms with Crippen molar-refractivity contribution in [1.29, 1.82) is 0 Å². The highest BCUT2D eigenvalue weighted by molar-refractivity contribution is 7.90. The Bertz CT molecular complexity index is 603. The van der Waals surface area contributed by atoms with Gasteiger partial charge in [-0.25, -0.2) is 8.42 Å². The molecule has 0 bridgehead atoms. The quantitative estimate of drug-likeness (QED) is 0.795. The normalized spacial score (nSPS) is 20.0. The van der Waals surface area contributed by atoms with E-state index in [1.807, 2.05) is 18.2 Å². The lowest BCUT2D eigenvalue weighted by atomic mass is 9.91. The van der Waals surface area contributed by atoms with Gasteiger partial charge in [0.2, 0.25) is 0 Å². The minimum absolute atomic E-state index is 0.236. The molecule has 0 unspecified atom stereocenters. The van der Waals surface area contributed by atoms with Crippen molar-refractivity contribution in [1.82, 2.24) is 4.90 Å². The minimum atomic E-state index is -2.90. The molecule has 124 valence electrons. The van der Waals surface area contributed by atoms with Crippen molar-refractivity contribution in [2.45, 2.75) is 19.3 Å². The molecule has 0 radical (unpaired) electrons. The smallest absolute Gasteiger partial charge is 0.148 e. The van der Waals surface area contributed by atoms with E-state index in [-0.39, 0.29) is 5.75 Å². The van der Waals surface area contributed by atoms with Crippen LogP contribution in [-0.4, -0.2) is 52.1 Å². The number of ether oxygens (including phenoxy) is 1. The molecule has 1 aliphatic heterocycles. The fraction of sp³-hybridized carbons (Fsp3) is 0.625. The molecule has 0 aliphatic carbocycles. The Labute approximate surface area is 138 Å². The van der Waals surface area contributed by atoms with Crippen molar-refractivity contribution in [3.63, 3.8) is 0 Å². The SMILES string of the molecule is COc1ccc(Cl)cc1C[C@@H]1CCCN(CCS(C)(=O)=O)C1. The van der Waals surface area contributed by atoms with E-state index in [0.717, 1.165) is 48.7 Å². The predicted octanol–water partition coefficient (Wildman–Crippen LogP) is 2.65. The molecule has 22 heavy (non-hydrogen) atoms. The maximum absolute atomic E-state index is 11.3. The maximum atomic E-state index is 11.3. The third kappa shape index (κ3) is 5.45. The van der Waals surface area contributed by atoms with Crippen molar-refractivity contribution in [2.24, 2.45) is 5.92 Å². The second kappa shape index (κ2) is 7.66. The van der Waals surface area contributed by atoms with Gasteiger partial charge < -0.3 is 9.64 Å². The highest BCUT2D eigenvalue weighted by Gasteiger charge is 2.22. The van der Waals surface area contributed by atoms with E-state index >= 15 is 0 Å². The van der Waals surface area contributed by atoms with Crippen LogP contribution in [0.15, 0.2) is 18.2 Å². The molecular weight excluding hydrogens is 322 g/mol. The van der Waals surface area contributed by atoms with Crippen LogP contribution in [0.4, 0.5) is 0 Å². The van der Waals surface area contributed by atoms with Crippen molar-refractivity contribution in [3.05, 3.63) is 28.8 Å². The van der Waals surface area contributed by atoms with Crippen LogP contribution >= 0.6 is 11.6 Å². The fourth-order valence-corrected chi connectivity index (χ4v) is 3.82. The summed E-state index contributed by atoms with van der Waals surface area (Å²) in [5.41, 5.74) is 1.13. The molecule has 1 saturated heterocycles. The van der Waals surface area contributed by atoms with Gasteiger partial charge in [0, 0.05) is 24.4 Å². The van der Waals surface area contributed by atoms with Gasteiger partial charge in [-0.15, -0.1) is 0 Å². The topological polar surface area (TPSA) is 46.6 Å². The monoisotopic (exact) mass is 345 g/mol. The van der Waals surface area contributed by atoms with Gasteiger partial charge in [-0.05, 0) is 55.5 Å². The zero-order chi connectivity index (χ0) is 16.2. The van der Waals surface area contributed by atoms with E-state index in [1.54, 1.807) is 7.11 Å². The van der Waals surface area contributed by atoms with E-state index in [1.165, 1.54) is 6.26 Å². The number of rotatable bonds is 6. The van der Waals surface area contributed by atoms with Crippen LogP contribution < -0.4 is 4.74 Å². The largest absolute Gasteiger partial charge is 0.496 e. The average molecular weight is 346 g/mol. The lowest BCUT2D eigenvalue weighted by Crippen LogP contribution is -2.38. The van der Waals surface area contributed by atoms with Gasteiger partial charge >= 0.3 is 0 Å². The molecule has 0 spiro atoms. The van der Waals surface area contributed by atoms with Crippen molar-refractivity contribution >= 4 is 21.4 Å². The third-order valence-electron chi connectivity index (χ3n) is 4.13. The summed E-state index contributed by atoms with van der Waals surface area (Å²) in [4.78, 5) is 2.26. The lowest BCUT2D eigenvalue weighted by Gasteiger charge is -2.32. The van der Waals surface area contributed by atoms with Crippen LogP contribution in [0.25, 0.3) is 0 Å². The summed E-state index contributed by atoms with van der Waals surface area (Å²) in [5, 5.41) is 0.723. The van der Waals surface area contributed by atoms with Gasteiger partial charge in [-0.3, -0.25) is 0 Å². The molecule has 6 heteroatoms. The van der Waals surface area contributed by atoms with Gasteiger partial charge in [-0.2, -0.15) is 0 Å².